The van der Waals surface area contributed by atoms with Crippen molar-refractivity contribution in [3.63, 3.8) is 0 Å². The van der Waals surface area contributed by atoms with Crippen molar-refractivity contribution in [3.8, 4) is 0 Å². The van der Waals surface area contributed by atoms with Crippen LogP contribution in [0.3, 0.4) is 0 Å². The van der Waals surface area contributed by atoms with Crippen molar-refractivity contribution >= 4 is 52.1 Å². The van der Waals surface area contributed by atoms with Crippen LogP contribution >= 0.6 is 23.5 Å². The molecule has 0 aromatic rings. The third-order valence-corrected chi connectivity index (χ3v) is 6.71. The van der Waals surface area contributed by atoms with Crippen LogP contribution < -0.4 is 5.32 Å². The maximum Gasteiger partial charge on any atom is 0.400 e. The van der Waals surface area contributed by atoms with Crippen LogP contribution in [0.1, 0.15) is 0 Å². The van der Waals surface area contributed by atoms with Crippen molar-refractivity contribution in [1.82, 2.24) is 10.2 Å². The van der Waals surface area contributed by atoms with Crippen molar-refractivity contribution in [2.75, 3.05) is 29.3 Å². The highest BCUT2D eigenvalue weighted by atomic mass is 32.2. The molecule has 2 heterocycles. The largest absolute Gasteiger partial charge is 0.477 e. The van der Waals surface area contributed by atoms with Crippen LogP contribution in [0.2, 0.25) is 0 Å². The number of carboxylic acid groups (broad SMARTS) is 1. The molecule has 0 aromatic heterocycles. The molecule has 7 nitrogen and oxygen atoms in total. The zero-order chi connectivity index (χ0) is 19.6. The number of rotatable bonds is 7. The second-order valence-corrected chi connectivity index (χ2v) is 8.92. The van der Waals surface area contributed by atoms with Gasteiger partial charge in [-0.3, -0.25) is 18.7 Å². The number of alkyl halides is 3. The molecule has 0 aliphatic carbocycles. The van der Waals surface area contributed by atoms with E-state index in [0.29, 0.717) is 17.1 Å². The molecule has 26 heavy (non-hydrogen) atoms. The molecule has 2 aliphatic rings. The lowest BCUT2D eigenvalue weighted by molar-refractivity contribution is -0.150. The minimum absolute atomic E-state index is 0.112. The molecule has 0 aromatic carbocycles. The molecule has 2 unspecified atom stereocenters. The predicted octanol–water partition coefficient (Wildman–Crippen LogP) is 0.399. The molecule has 0 radical (unpaired) electrons. The molecule has 13 heteroatoms. The molecule has 2 N–H and O–H groups in total. The predicted molar refractivity (Wildman–Crippen MR) is 92.0 cm³/mol. The quantitative estimate of drug-likeness (QED) is 0.561. The number of β-lactam (4-membered cyclic amide) rings is 1. The fourth-order valence-corrected chi connectivity index (χ4v) is 5.47. The van der Waals surface area contributed by atoms with Gasteiger partial charge in [0.2, 0.25) is 5.91 Å². The molecule has 2 rings (SSSR count). The summed E-state index contributed by atoms with van der Waals surface area (Å²) in [5.74, 6) is -4.51. The van der Waals surface area contributed by atoms with Crippen molar-refractivity contribution in [2.24, 2.45) is 0 Å². The maximum absolute atomic E-state index is 12.2. The van der Waals surface area contributed by atoms with Crippen molar-refractivity contribution in [2.45, 2.75) is 17.6 Å². The summed E-state index contributed by atoms with van der Waals surface area (Å²) in [6.45, 7) is 0. The summed E-state index contributed by atoms with van der Waals surface area (Å²) in [6, 6.07) is -1.04. The molecule has 1 fully saturated rings. The van der Waals surface area contributed by atoms with Gasteiger partial charge in [-0.15, -0.1) is 11.8 Å². The first-order valence-electron chi connectivity index (χ1n) is 7.15. The van der Waals surface area contributed by atoms with Crippen LogP contribution in [0.4, 0.5) is 13.2 Å². The van der Waals surface area contributed by atoms with E-state index in [1.54, 1.807) is 6.26 Å². The molecule has 2 amide bonds. The fraction of sp³-hybridized carbons (Fsp3) is 0.615. The average molecular weight is 432 g/mol. The first-order valence-corrected chi connectivity index (χ1v) is 11.1. The summed E-state index contributed by atoms with van der Waals surface area (Å²) in [7, 11) is -2.43. The number of nitrogens with zero attached hydrogens (tertiary/aromatic N) is 1. The first kappa shape index (κ1) is 21.1. The lowest BCUT2D eigenvalue weighted by Gasteiger charge is -2.49. The molecule has 0 bridgehead atoms. The third kappa shape index (κ3) is 4.74. The number of carbonyl (C=O) groups excluding carboxylic acids is 2. The number of carbonyl (C=O) groups is 3. The number of hydrogen-bond acceptors (Lipinski definition) is 6. The first-order chi connectivity index (χ1) is 12.0. The van der Waals surface area contributed by atoms with Gasteiger partial charge in [-0.1, -0.05) is 0 Å². The molecular formula is C13H15F3N2O5S3. The minimum atomic E-state index is -4.65. The number of aliphatic carboxylic acids is 1. The summed E-state index contributed by atoms with van der Waals surface area (Å²) < 4.78 is 47.8. The van der Waals surface area contributed by atoms with E-state index < -0.39 is 57.7 Å². The van der Waals surface area contributed by atoms with E-state index in [1.807, 2.05) is 0 Å². The van der Waals surface area contributed by atoms with Gasteiger partial charge in [-0.25, -0.2) is 4.79 Å². The summed E-state index contributed by atoms with van der Waals surface area (Å²) in [5.41, 5.74) is 0.481. The number of thioether (sulfide) groups is 2. The highest BCUT2D eigenvalue weighted by Gasteiger charge is 2.54. The number of halogens is 3. The van der Waals surface area contributed by atoms with Gasteiger partial charge in [0.15, 0.2) is 0 Å². The number of amides is 2. The standard InChI is InChI=1S/C13H15F3N2O5S3/c1-24-2-6-3-25-11-8(10(20)18(11)9(6)12(21)22)17-7(19)4-26(23)5-13(14,15)16/h8,11H,2-5H2,1H3,(H,17,19)(H,21,22)/t8?,11-,26?/m1/s1. The number of hydrogen-bond donors (Lipinski definition) is 2. The fourth-order valence-electron chi connectivity index (χ4n) is 2.56. The topological polar surface area (TPSA) is 104 Å². The summed E-state index contributed by atoms with van der Waals surface area (Å²) >= 11 is 2.68. The molecule has 1 saturated heterocycles. The number of nitrogens with one attached hydrogen (secondary N) is 1. The molecule has 3 atom stereocenters. The Morgan fingerprint density at radius 1 is 1.46 bits per heavy atom. The lowest BCUT2D eigenvalue weighted by atomic mass is 10.0. The van der Waals surface area contributed by atoms with Gasteiger partial charge in [0.05, 0.1) is 0 Å². The average Bonchev–Trinajstić information content (AvgIpc) is 2.50. The zero-order valence-electron chi connectivity index (χ0n) is 13.4. The highest BCUT2D eigenvalue weighted by molar-refractivity contribution is 8.00. The lowest BCUT2D eigenvalue weighted by Crippen LogP contribution is -2.70. The van der Waals surface area contributed by atoms with Gasteiger partial charge < -0.3 is 10.4 Å². The third-order valence-electron chi connectivity index (χ3n) is 3.50. The van der Waals surface area contributed by atoms with Gasteiger partial charge in [0, 0.05) is 22.3 Å². The summed E-state index contributed by atoms with van der Waals surface area (Å²) in [5, 5.41) is 11.0. The molecular weight excluding hydrogens is 417 g/mol. The van der Waals surface area contributed by atoms with E-state index in [4.69, 9.17) is 0 Å². The Bertz CT molecular complexity index is 682. The van der Waals surface area contributed by atoms with Crippen molar-refractivity contribution < 1.29 is 36.9 Å². The molecule has 2 aliphatic heterocycles. The Labute approximate surface area is 157 Å². The normalized spacial score (nSPS) is 24.0. The SMILES string of the molecule is CSCC1=C(C(=O)O)N2C(=O)C(NC(=O)CS(=O)CC(F)(F)F)[C@H]2SC1. The van der Waals surface area contributed by atoms with E-state index in [1.165, 1.54) is 23.5 Å². The van der Waals surface area contributed by atoms with Gasteiger partial charge in [0.1, 0.15) is 28.6 Å². The van der Waals surface area contributed by atoms with E-state index in [0.717, 1.165) is 4.90 Å². The van der Waals surface area contributed by atoms with E-state index in [9.17, 15) is 36.9 Å². The maximum atomic E-state index is 12.2. The van der Waals surface area contributed by atoms with E-state index in [-0.39, 0.29) is 5.70 Å². The van der Waals surface area contributed by atoms with Crippen LogP contribution in [-0.4, -0.2) is 78.9 Å². The number of carboxylic acids is 1. The Morgan fingerprint density at radius 3 is 2.65 bits per heavy atom. The minimum Gasteiger partial charge on any atom is -0.477 e. The van der Waals surface area contributed by atoms with Gasteiger partial charge in [0.25, 0.3) is 5.91 Å². The molecule has 0 saturated carbocycles. The summed E-state index contributed by atoms with van der Waals surface area (Å²) in [4.78, 5) is 36.6. The van der Waals surface area contributed by atoms with Crippen molar-refractivity contribution in [3.05, 3.63) is 11.3 Å². The van der Waals surface area contributed by atoms with E-state index >= 15 is 0 Å². The van der Waals surface area contributed by atoms with Gasteiger partial charge in [-0.05, 0) is 11.8 Å². The Balaban J connectivity index is 2.01. The van der Waals surface area contributed by atoms with Crippen LogP contribution in [0.25, 0.3) is 0 Å². The van der Waals surface area contributed by atoms with Crippen LogP contribution in [0, 0.1) is 0 Å². The summed E-state index contributed by atoms with van der Waals surface area (Å²) in [6.07, 6.45) is -2.85. The Hall–Kier alpha value is -1.21. The van der Waals surface area contributed by atoms with Gasteiger partial charge in [-0.2, -0.15) is 24.9 Å². The molecule has 0 spiro atoms. The van der Waals surface area contributed by atoms with Crippen LogP contribution in [0.15, 0.2) is 11.3 Å². The van der Waals surface area contributed by atoms with Crippen molar-refractivity contribution in [1.29, 1.82) is 0 Å². The smallest absolute Gasteiger partial charge is 0.400 e. The second kappa shape index (κ2) is 8.21. The van der Waals surface area contributed by atoms with Gasteiger partial charge >= 0.3 is 12.1 Å². The molecule has 146 valence electrons. The van der Waals surface area contributed by atoms with Crippen LogP contribution in [0.5, 0.6) is 0 Å². The monoisotopic (exact) mass is 432 g/mol. The number of fused-ring (bicyclic) bond motifs is 1. The second-order valence-electron chi connectivity index (χ2n) is 5.49. The highest BCUT2D eigenvalue weighted by Crippen LogP contribution is 2.40. The Morgan fingerprint density at radius 2 is 2.12 bits per heavy atom. The Kier molecular flexibility index (Phi) is 6.66. The van der Waals surface area contributed by atoms with Crippen LogP contribution in [-0.2, 0) is 25.2 Å². The van der Waals surface area contributed by atoms with E-state index in [2.05, 4.69) is 5.32 Å². The zero-order valence-corrected chi connectivity index (χ0v) is 15.8.